The fourth-order valence-corrected chi connectivity index (χ4v) is 5.64. The summed E-state index contributed by atoms with van der Waals surface area (Å²) >= 11 is 0. The molecule has 1 N–H and O–H groups in total. The number of nitrogens with zero attached hydrogens (tertiary/aromatic N) is 1. The Morgan fingerprint density at radius 2 is 1.69 bits per heavy atom. The number of imide groups is 1. The molecule has 0 radical (unpaired) electrons. The first-order valence-electron chi connectivity index (χ1n) is 10.4. The molecule has 5 atom stereocenters. The van der Waals surface area contributed by atoms with E-state index in [2.05, 4.69) is 0 Å². The number of carbonyl (C=O) groups excluding carboxylic acids is 3. The first-order valence-corrected chi connectivity index (χ1v) is 10.4. The van der Waals surface area contributed by atoms with Crippen LogP contribution in [0, 0.1) is 25.7 Å². The van der Waals surface area contributed by atoms with Gasteiger partial charge in [-0.05, 0) is 37.1 Å². The Hall–Kier alpha value is -2.79. The number of hydrogen-bond donors (Lipinski definition) is 1. The van der Waals surface area contributed by atoms with Gasteiger partial charge in [-0.3, -0.25) is 14.4 Å². The average Bonchev–Trinajstić information content (AvgIpc) is 3.37. The van der Waals surface area contributed by atoms with Gasteiger partial charge in [-0.25, -0.2) is 4.90 Å². The lowest BCUT2D eigenvalue weighted by Gasteiger charge is -2.25. The lowest BCUT2D eigenvalue weighted by atomic mass is 9.85. The quantitative estimate of drug-likeness (QED) is 0.642. The molecule has 0 aromatic heterocycles. The van der Waals surface area contributed by atoms with Crippen molar-refractivity contribution < 1.29 is 19.3 Å². The van der Waals surface area contributed by atoms with E-state index in [4.69, 9.17) is 0 Å². The number of ketones is 1. The van der Waals surface area contributed by atoms with Gasteiger partial charge in [0.2, 0.25) is 17.6 Å². The summed E-state index contributed by atoms with van der Waals surface area (Å²) in [4.78, 5) is 42.8. The highest BCUT2D eigenvalue weighted by Crippen LogP contribution is 2.40. The lowest BCUT2D eigenvalue weighted by Crippen LogP contribution is -3.16. The minimum atomic E-state index is -0.558. The van der Waals surface area contributed by atoms with Crippen molar-refractivity contribution in [3.8, 4) is 0 Å². The van der Waals surface area contributed by atoms with E-state index in [-0.39, 0.29) is 29.6 Å². The molecule has 2 aromatic carbocycles. The van der Waals surface area contributed by atoms with Crippen LogP contribution in [0.5, 0.6) is 0 Å². The van der Waals surface area contributed by atoms with Crippen LogP contribution in [0.15, 0.2) is 48.5 Å². The number of carbonyl (C=O) groups is 3. The molecule has 0 spiro atoms. The Morgan fingerprint density at radius 1 is 0.966 bits per heavy atom. The third-order valence-corrected chi connectivity index (χ3v) is 7.14. The molecule has 5 nitrogen and oxygen atoms in total. The van der Waals surface area contributed by atoms with Gasteiger partial charge in [-0.15, -0.1) is 0 Å². The Morgan fingerprint density at radius 3 is 2.41 bits per heavy atom. The average molecular weight is 389 g/mol. The molecular formula is C24H25N2O3+. The van der Waals surface area contributed by atoms with Crippen molar-refractivity contribution in [1.29, 1.82) is 0 Å². The van der Waals surface area contributed by atoms with E-state index in [0.717, 1.165) is 35.4 Å². The van der Waals surface area contributed by atoms with E-state index in [1.54, 1.807) is 0 Å². The fraction of sp³-hybridized carbons (Fsp3) is 0.375. The van der Waals surface area contributed by atoms with E-state index < -0.39 is 12.0 Å². The van der Waals surface area contributed by atoms with Gasteiger partial charge in [0, 0.05) is 18.4 Å². The van der Waals surface area contributed by atoms with Gasteiger partial charge in [0.15, 0.2) is 6.04 Å². The van der Waals surface area contributed by atoms with Gasteiger partial charge in [0.05, 0.1) is 12.2 Å². The topological polar surface area (TPSA) is 58.9 Å². The van der Waals surface area contributed by atoms with Gasteiger partial charge in [-0.1, -0.05) is 36.4 Å². The second kappa shape index (κ2) is 6.63. The van der Waals surface area contributed by atoms with Crippen LogP contribution in [0.1, 0.15) is 34.3 Å². The van der Waals surface area contributed by atoms with Crippen molar-refractivity contribution >= 4 is 23.3 Å². The van der Waals surface area contributed by atoms with Crippen molar-refractivity contribution in [3.63, 3.8) is 0 Å². The molecule has 3 aliphatic heterocycles. The van der Waals surface area contributed by atoms with Crippen molar-refractivity contribution in [2.24, 2.45) is 11.8 Å². The molecule has 1 unspecified atom stereocenters. The van der Waals surface area contributed by atoms with Crippen LogP contribution in [0.4, 0.5) is 5.69 Å². The minimum absolute atomic E-state index is 0.0110. The molecule has 0 saturated carbocycles. The zero-order chi connectivity index (χ0) is 20.3. The van der Waals surface area contributed by atoms with Crippen LogP contribution in [-0.2, 0) is 9.59 Å². The molecule has 148 valence electrons. The Bertz CT molecular complexity index is 1020. The maximum absolute atomic E-state index is 13.5. The summed E-state index contributed by atoms with van der Waals surface area (Å²) in [5.41, 5.74) is 3.42. The number of Topliss-reactive ketones (excluding diaryl/α,β-unsaturated/α-hetero) is 1. The van der Waals surface area contributed by atoms with E-state index in [1.807, 2.05) is 62.4 Å². The fourth-order valence-electron chi connectivity index (χ4n) is 5.64. The number of hydrogen-bond acceptors (Lipinski definition) is 3. The van der Waals surface area contributed by atoms with Crippen LogP contribution >= 0.6 is 0 Å². The zero-order valence-corrected chi connectivity index (χ0v) is 16.7. The summed E-state index contributed by atoms with van der Waals surface area (Å²) in [7, 11) is 0. The largest absolute Gasteiger partial charge is 0.322 e. The molecule has 2 aromatic rings. The first-order chi connectivity index (χ1) is 14.0. The summed E-state index contributed by atoms with van der Waals surface area (Å²) in [6, 6.07) is 14.5. The molecule has 5 rings (SSSR count). The molecule has 29 heavy (non-hydrogen) atoms. The van der Waals surface area contributed by atoms with Crippen molar-refractivity contribution in [2.75, 3.05) is 11.4 Å². The highest BCUT2D eigenvalue weighted by atomic mass is 16.2. The summed E-state index contributed by atoms with van der Waals surface area (Å²) in [5.74, 6) is -1.30. The van der Waals surface area contributed by atoms with Gasteiger partial charge in [0.25, 0.3) is 0 Å². The second-order valence-electron chi connectivity index (χ2n) is 8.61. The highest BCUT2D eigenvalue weighted by Gasteiger charge is 2.68. The number of quaternary nitrogens is 1. The highest BCUT2D eigenvalue weighted by molar-refractivity contribution is 6.24. The van der Waals surface area contributed by atoms with Crippen molar-refractivity contribution in [2.45, 2.75) is 38.8 Å². The van der Waals surface area contributed by atoms with Crippen molar-refractivity contribution in [3.05, 3.63) is 65.2 Å². The number of benzene rings is 2. The van der Waals surface area contributed by atoms with Crippen LogP contribution in [0.3, 0.4) is 0 Å². The predicted octanol–water partition coefficient (Wildman–Crippen LogP) is 1.72. The maximum atomic E-state index is 13.5. The molecule has 3 aliphatic rings. The molecule has 0 aliphatic carbocycles. The van der Waals surface area contributed by atoms with E-state index in [0.29, 0.717) is 11.3 Å². The third kappa shape index (κ3) is 2.60. The molecule has 0 bridgehead atoms. The maximum Gasteiger partial charge on any atom is 0.244 e. The SMILES string of the molecule is Cc1ccc(N2C(=O)[C@@H]3[C@H](C2=O)[C@@H]2CCC[NH+]2[C@@H]3C(=O)c2ccccc2)cc1C. The number of anilines is 1. The molecule has 3 heterocycles. The molecular weight excluding hydrogens is 364 g/mol. The summed E-state index contributed by atoms with van der Waals surface area (Å²) in [5, 5.41) is 0. The summed E-state index contributed by atoms with van der Waals surface area (Å²) in [6.07, 6.45) is 1.89. The molecule has 5 heteroatoms. The predicted molar refractivity (Wildman–Crippen MR) is 109 cm³/mol. The first kappa shape index (κ1) is 18.3. The van der Waals surface area contributed by atoms with Crippen LogP contribution in [0.25, 0.3) is 0 Å². The Balaban J connectivity index is 1.56. The number of fused-ring (bicyclic) bond motifs is 3. The van der Waals surface area contributed by atoms with Crippen LogP contribution in [-0.4, -0.2) is 36.2 Å². The van der Waals surface area contributed by atoms with Crippen molar-refractivity contribution in [1.82, 2.24) is 0 Å². The second-order valence-corrected chi connectivity index (χ2v) is 8.61. The Kier molecular flexibility index (Phi) is 4.17. The summed E-state index contributed by atoms with van der Waals surface area (Å²) in [6.45, 7) is 4.84. The minimum Gasteiger partial charge on any atom is -0.322 e. The normalized spacial score (nSPS) is 30.6. The lowest BCUT2D eigenvalue weighted by molar-refractivity contribution is -0.915. The number of aryl methyl sites for hydroxylation is 2. The van der Waals surface area contributed by atoms with Crippen LogP contribution in [0.2, 0.25) is 0 Å². The number of nitrogens with one attached hydrogen (secondary N) is 1. The van der Waals surface area contributed by atoms with Gasteiger partial charge < -0.3 is 4.90 Å². The van der Waals surface area contributed by atoms with Crippen LogP contribution < -0.4 is 9.80 Å². The molecule has 3 fully saturated rings. The zero-order valence-electron chi connectivity index (χ0n) is 16.7. The van der Waals surface area contributed by atoms with Gasteiger partial charge in [0.1, 0.15) is 17.9 Å². The summed E-state index contributed by atoms with van der Waals surface area (Å²) < 4.78 is 0. The van der Waals surface area contributed by atoms with E-state index in [9.17, 15) is 14.4 Å². The third-order valence-electron chi connectivity index (χ3n) is 7.14. The number of amides is 2. The van der Waals surface area contributed by atoms with Gasteiger partial charge in [-0.2, -0.15) is 0 Å². The van der Waals surface area contributed by atoms with E-state index >= 15 is 0 Å². The Labute approximate surface area is 170 Å². The van der Waals surface area contributed by atoms with Gasteiger partial charge >= 0.3 is 0 Å². The standard InChI is InChI=1S/C24H24N2O3/c1-14-10-11-17(13-15(14)2)26-23(28)19-18-9-6-12-25(18)21(20(19)24(26)29)22(27)16-7-4-3-5-8-16/h3-5,7-8,10-11,13,18-21H,6,9,12H2,1-2H3/p+1/t18-,19+,20+,21-/m0/s1. The van der Waals surface area contributed by atoms with E-state index in [1.165, 1.54) is 4.90 Å². The molecule has 2 amide bonds. The smallest absolute Gasteiger partial charge is 0.244 e. The monoisotopic (exact) mass is 389 g/mol. The number of rotatable bonds is 3. The molecule has 3 saturated heterocycles.